The molecule has 2 rings (SSSR count). The highest BCUT2D eigenvalue weighted by molar-refractivity contribution is 6.66. The minimum absolute atomic E-state index is 0.316. The number of nitrogens with zero attached hydrogens (tertiary/aromatic N) is 4. The number of esters is 1. The van der Waals surface area contributed by atoms with Gasteiger partial charge in [-0.05, 0) is 13.0 Å². The molecule has 0 N–H and O–H groups in total. The monoisotopic (exact) mass is 254 g/mol. The van der Waals surface area contributed by atoms with Crippen molar-refractivity contribution in [3.8, 4) is 0 Å². The number of carbonyl (C=O) groups is 1. The Morgan fingerprint density at radius 1 is 1.59 bits per heavy atom. The molecule has 6 nitrogen and oxygen atoms in total. The summed E-state index contributed by atoms with van der Waals surface area (Å²) >= 11 is 5.84. The van der Waals surface area contributed by atoms with Gasteiger partial charge in [-0.25, -0.2) is 19.8 Å². The van der Waals surface area contributed by atoms with Crippen molar-refractivity contribution in [2.45, 2.75) is 19.4 Å². The molecule has 0 amide bonds. The maximum Gasteiger partial charge on any atom is 0.331 e. The molecule has 0 aliphatic carbocycles. The number of aromatic nitrogens is 2. The summed E-state index contributed by atoms with van der Waals surface area (Å²) in [6, 6.07) is 1.11. The zero-order valence-electron chi connectivity index (χ0n) is 9.21. The van der Waals surface area contributed by atoms with Crippen LogP contribution >= 0.6 is 11.6 Å². The van der Waals surface area contributed by atoms with E-state index in [0.717, 1.165) is 0 Å². The molecule has 0 radical (unpaired) electrons. The van der Waals surface area contributed by atoms with Gasteiger partial charge in [0.15, 0.2) is 6.04 Å². The summed E-state index contributed by atoms with van der Waals surface area (Å²) in [6.45, 7) is 2.06. The lowest BCUT2D eigenvalue weighted by Gasteiger charge is -2.19. The molecule has 7 heteroatoms. The van der Waals surface area contributed by atoms with Gasteiger partial charge in [0.25, 0.3) is 0 Å². The SMILES string of the molecule is CCOC(=O)C1CC(Cl)=NN1c1ncccn1. The minimum atomic E-state index is -0.579. The van der Waals surface area contributed by atoms with Crippen molar-refractivity contribution in [1.29, 1.82) is 0 Å². The average Bonchev–Trinajstić information content (AvgIpc) is 2.73. The quantitative estimate of drug-likeness (QED) is 0.758. The first-order chi connectivity index (χ1) is 8.22. The Bertz CT molecular complexity index is 437. The van der Waals surface area contributed by atoms with E-state index in [4.69, 9.17) is 16.3 Å². The number of hydrazone groups is 1. The van der Waals surface area contributed by atoms with Crippen LogP contribution in [0, 0.1) is 0 Å². The van der Waals surface area contributed by atoms with E-state index >= 15 is 0 Å². The summed E-state index contributed by atoms with van der Waals surface area (Å²) in [5.41, 5.74) is 0. The molecule has 0 fully saturated rings. The molecule has 1 aliphatic heterocycles. The summed E-state index contributed by atoms with van der Waals surface area (Å²) in [7, 11) is 0. The van der Waals surface area contributed by atoms with Crippen LogP contribution in [0.3, 0.4) is 0 Å². The lowest BCUT2D eigenvalue weighted by Crippen LogP contribution is -2.36. The van der Waals surface area contributed by atoms with Gasteiger partial charge >= 0.3 is 5.97 Å². The molecular formula is C10H11ClN4O2. The lowest BCUT2D eigenvalue weighted by atomic mass is 10.2. The summed E-state index contributed by atoms with van der Waals surface area (Å²) < 4.78 is 4.96. The largest absolute Gasteiger partial charge is 0.464 e. The topological polar surface area (TPSA) is 67.7 Å². The molecule has 1 unspecified atom stereocenters. The predicted molar refractivity (Wildman–Crippen MR) is 62.8 cm³/mol. The van der Waals surface area contributed by atoms with E-state index in [9.17, 15) is 4.79 Å². The lowest BCUT2D eigenvalue weighted by molar-refractivity contribution is -0.144. The number of carbonyl (C=O) groups excluding carboxylic acids is 1. The third-order valence-electron chi connectivity index (χ3n) is 2.19. The van der Waals surface area contributed by atoms with E-state index < -0.39 is 6.04 Å². The van der Waals surface area contributed by atoms with Gasteiger partial charge in [0, 0.05) is 18.8 Å². The molecule has 0 spiro atoms. The molecule has 0 aromatic carbocycles. The van der Waals surface area contributed by atoms with Crippen LogP contribution in [0.2, 0.25) is 0 Å². The highest BCUT2D eigenvalue weighted by atomic mass is 35.5. The highest BCUT2D eigenvalue weighted by Gasteiger charge is 2.35. The molecular weight excluding hydrogens is 244 g/mol. The van der Waals surface area contributed by atoms with Crippen LogP contribution in [0.1, 0.15) is 13.3 Å². The van der Waals surface area contributed by atoms with Crippen molar-refractivity contribution in [3.63, 3.8) is 0 Å². The zero-order valence-corrected chi connectivity index (χ0v) is 9.96. The fraction of sp³-hybridized carbons (Fsp3) is 0.400. The average molecular weight is 255 g/mol. The molecule has 1 aliphatic rings. The number of anilines is 1. The maximum absolute atomic E-state index is 11.7. The van der Waals surface area contributed by atoms with Gasteiger partial charge < -0.3 is 4.74 Å². The number of rotatable bonds is 3. The molecule has 1 aromatic heterocycles. The first kappa shape index (κ1) is 11.8. The van der Waals surface area contributed by atoms with Crippen LogP contribution < -0.4 is 5.01 Å². The van der Waals surface area contributed by atoms with Crippen LogP contribution in [0.5, 0.6) is 0 Å². The Morgan fingerprint density at radius 2 is 2.29 bits per heavy atom. The Labute approximate surface area is 103 Å². The standard InChI is InChI=1S/C10H11ClN4O2/c1-2-17-9(16)7-6-8(11)14-15(7)10-12-4-3-5-13-10/h3-5,7H,2,6H2,1H3. The third-order valence-corrected chi connectivity index (χ3v) is 2.42. The Morgan fingerprint density at radius 3 is 2.94 bits per heavy atom. The van der Waals surface area contributed by atoms with Gasteiger partial charge in [-0.2, -0.15) is 5.10 Å². The molecule has 90 valence electrons. The van der Waals surface area contributed by atoms with Crippen molar-refractivity contribution in [2.75, 3.05) is 11.6 Å². The Hall–Kier alpha value is -1.69. The minimum Gasteiger partial charge on any atom is -0.464 e. The first-order valence-corrected chi connectivity index (χ1v) is 5.56. The Balaban J connectivity index is 2.21. The molecule has 17 heavy (non-hydrogen) atoms. The van der Waals surface area contributed by atoms with Crippen molar-refractivity contribution in [3.05, 3.63) is 18.5 Å². The predicted octanol–water partition coefficient (Wildman–Crippen LogP) is 1.17. The second-order valence-electron chi connectivity index (χ2n) is 3.34. The molecule has 2 heterocycles. The molecule has 0 bridgehead atoms. The van der Waals surface area contributed by atoms with Crippen LogP contribution in [-0.2, 0) is 9.53 Å². The second-order valence-corrected chi connectivity index (χ2v) is 3.78. The van der Waals surface area contributed by atoms with Crippen molar-refractivity contribution in [1.82, 2.24) is 9.97 Å². The van der Waals surface area contributed by atoms with Crippen molar-refractivity contribution < 1.29 is 9.53 Å². The van der Waals surface area contributed by atoms with Gasteiger partial charge in [0.05, 0.1) is 6.61 Å². The van der Waals surface area contributed by atoms with Crippen LogP contribution in [-0.4, -0.2) is 33.8 Å². The van der Waals surface area contributed by atoms with Gasteiger partial charge in [0.1, 0.15) is 5.17 Å². The summed E-state index contributed by atoms with van der Waals surface area (Å²) in [6.07, 6.45) is 3.47. The normalized spacial score (nSPS) is 19.1. The van der Waals surface area contributed by atoms with E-state index in [-0.39, 0.29) is 5.97 Å². The van der Waals surface area contributed by atoms with E-state index in [1.54, 1.807) is 25.4 Å². The van der Waals surface area contributed by atoms with Gasteiger partial charge in [0.2, 0.25) is 5.95 Å². The maximum atomic E-state index is 11.7. The van der Waals surface area contributed by atoms with E-state index in [2.05, 4.69) is 15.1 Å². The second kappa shape index (κ2) is 5.09. The smallest absolute Gasteiger partial charge is 0.331 e. The van der Waals surface area contributed by atoms with Crippen LogP contribution in [0.25, 0.3) is 0 Å². The molecule has 0 saturated heterocycles. The fourth-order valence-corrected chi connectivity index (χ4v) is 1.72. The number of hydrogen-bond donors (Lipinski definition) is 0. The van der Waals surface area contributed by atoms with E-state index in [1.807, 2.05) is 0 Å². The summed E-state index contributed by atoms with van der Waals surface area (Å²) in [5.74, 6) is -0.0412. The summed E-state index contributed by atoms with van der Waals surface area (Å²) in [4.78, 5) is 19.8. The van der Waals surface area contributed by atoms with E-state index in [0.29, 0.717) is 24.1 Å². The molecule has 1 aromatic rings. The van der Waals surface area contributed by atoms with Gasteiger partial charge in [-0.15, -0.1) is 0 Å². The number of hydrogen-bond acceptors (Lipinski definition) is 6. The fourth-order valence-electron chi connectivity index (χ4n) is 1.49. The number of ether oxygens (including phenoxy) is 1. The molecule has 0 saturated carbocycles. The van der Waals surface area contributed by atoms with Crippen molar-refractivity contribution in [2.24, 2.45) is 5.10 Å². The van der Waals surface area contributed by atoms with Crippen LogP contribution in [0.4, 0.5) is 5.95 Å². The first-order valence-electron chi connectivity index (χ1n) is 5.18. The number of halogens is 1. The highest BCUT2D eigenvalue weighted by Crippen LogP contribution is 2.22. The van der Waals surface area contributed by atoms with E-state index in [1.165, 1.54) is 5.01 Å². The van der Waals surface area contributed by atoms with Gasteiger partial charge in [-0.3, -0.25) is 0 Å². The van der Waals surface area contributed by atoms with Crippen molar-refractivity contribution >= 4 is 28.7 Å². The third kappa shape index (κ3) is 2.52. The zero-order chi connectivity index (χ0) is 12.3. The van der Waals surface area contributed by atoms with Crippen LogP contribution in [0.15, 0.2) is 23.6 Å². The Kier molecular flexibility index (Phi) is 3.53. The summed E-state index contributed by atoms with van der Waals surface area (Å²) in [5, 5.41) is 5.77. The molecule has 1 atom stereocenters. The van der Waals surface area contributed by atoms with Gasteiger partial charge in [-0.1, -0.05) is 11.6 Å².